The van der Waals surface area contributed by atoms with Crippen LogP contribution in [0.5, 0.6) is 0 Å². The first kappa shape index (κ1) is 20.1. The molecule has 0 amide bonds. The standard InChI is InChI=1S/C25H32NP/c1-17-11-18(2)14-22(13-17)27(23-15-19(3)12-20(4)16-23)25-10-8-9-24(25)21(5)26(6)7/h8-16,21,25H,1-7H3. The highest BCUT2D eigenvalue weighted by atomic mass is 31.1. The molecule has 0 saturated carbocycles. The van der Waals surface area contributed by atoms with Crippen molar-refractivity contribution in [3.05, 3.63) is 82.5 Å². The van der Waals surface area contributed by atoms with Gasteiger partial charge in [-0.15, -0.1) is 0 Å². The third kappa shape index (κ3) is 4.42. The molecule has 0 N–H and O–H groups in total. The predicted molar refractivity (Wildman–Crippen MR) is 122 cm³/mol. The molecule has 0 aromatic heterocycles. The number of aryl methyl sites for hydroxylation is 4. The van der Waals surface area contributed by atoms with Gasteiger partial charge in [-0.05, 0) is 72.8 Å². The maximum absolute atomic E-state index is 2.43. The van der Waals surface area contributed by atoms with Gasteiger partial charge in [-0.25, -0.2) is 0 Å². The fraction of sp³-hybridized carbons (Fsp3) is 0.360. The Bertz CT molecular complexity index is 799. The highest BCUT2D eigenvalue weighted by molar-refractivity contribution is 7.74. The molecule has 1 nitrogen and oxygen atoms in total. The lowest BCUT2D eigenvalue weighted by Gasteiger charge is -2.32. The van der Waals surface area contributed by atoms with E-state index in [1.54, 1.807) is 0 Å². The van der Waals surface area contributed by atoms with Crippen molar-refractivity contribution in [1.29, 1.82) is 0 Å². The van der Waals surface area contributed by atoms with Gasteiger partial charge < -0.3 is 4.90 Å². The molecule has 0 fully saturated rings. The molecule has 2 aromatic carbocycles. The van der Waals surface area contributed by atoms with Gasteiger partial charge in [0.1, 0.15) is 0 Å². The maximum Gasteiger partial charge on any atom is 0.0285 e. The number of nitrogens with zero attached hydrogens (tertiary/aromatic N) is 1. The van der Waals surface area contributed by atoms with Gasteiger partial charge in [-0.2, -0.15) is 0 Å². The molecule has 1 aliphatic carbocycles. The van der Waals surface area contributed by atoms with E-state index in [1.165, 1.54) is 38.4 Å². The molecule has 2 atom stereocenters. The molecular formula is C25H32NP. The van der Waals surface area contributed by atoms with E-state index < -0.39 is 7.92 Å². The second-order valence-corrected chi connectivity index (χ2v) is 10.5. The summed E-state index contributed by atoms with van der Waals surface area (Å²) in [6, 6.07) is 14.6. The molecule has 0 spiro atoms. The van der Waals surface area contributed by atoms with Gasteiger partial charge >= 0.3 is 0 Å². The third-order valence-electron chi connectivity index (χ3n) is 5.43. The van der Waals surface area contributed by atoms with Crippen LogP contribution < -0.4 is 10.6 Å². The van der Waals surface area contributed by atoms with Crippen molar-refractivity contribution in [1.82, 2.24) is 4.90 Å². The summed E-state index contributed by atoms with van der Waals surface area (Å²) in [5.41, 5.74) is 7.42. The second-order valence-electron chi connectivity index (χ2n) is 8.20. The van der Waals surface area contributed by atoms with Crippen LogP contribution in [0, 0.1) is 27.7 Å². The van der Waals surface area contributed by atoms with Gasteiger partial charge in [0.15, 0.2) is 0 Å². The van der Waals surface area contributed by atoms with Crippen molar-refractivity contribution in [2.45, 2.75) is 46.3 Å². The van der Waals surface area contributed by atoms with E-state index in [-0.39, 0.29) is 0 Å². The molecule has 1 aliphatic rings. The molecule has 0 radical (unpaired) electrons. The predicted octanol–water partition coefficient (Wildman–Crippen LogP) is 5.17. The minimum atomic E-state index is -0.495. The average molecular weight is 378 g/mol. The zero-order valence-electron chi connectivity index (χ0n) is 17.7. The molecule has 27 heavy (non-hydrogen) atoms. The lowest BCUT2D eigenvalue weighted by molar-refractivity contribution is 0.349. The van der Waals surface area contributed by atoms with Crippen LogP contribution in [0.1, 0.15) is 29.2 Å². The van der Waals surface area contributed by atoms with Crippen LogP contribution in [0.15, 0.2) is 60.2 Å². The van der Waals surface area contributed by atoms with Crippen molar-refractivity contribution >= 4 is 18.5 Å². The van der Waals surface area contributed by atoms with Gasteiger partial charge in [-0.3, -0.25) is 0 Å². The first-order valence-electron chi connectivity index (χ1n) is 9.77. The highest BCUT2D eigenvalue weighted by Crippen LogP contribution is 2.47. The van der Waals surface area contributed by atoms with E-state index in [0.717, 1.165) is 0 Å². The molecule has 2 unspecified atom stereocenters. The third-order valence-corrected chi connectivity index (χ3v) is 8.08. The van der Waals surface area contributed by atoms with Crippen LogP contribution in [0.4, 0.5) is 0 Å². The SMILES string of the molecule is Cc1cc(C)cc(P(c2cc(C)cc(C)c2)C2C=CC=C2C(C)N(C)C)c1. The number of likely N-dealkylation sites (N-methyl/N-ethyl adjacent to an activating group) is 1. The molecular weight excluding hydrogens is 345 g/mol. The Labute approximate surface area is 166 Å². The molecule has 0 bridgehead atoms. The normalized spacial score (nSPS) is 17.7. The Balaban J connectivity index is 2.16. The van der Waals surface area contributed by atoms with Crippen LogP contribution in [0.25, 0.3) is 0 Å². The summed E-state index contributed by atoms with van der Waals surface area (Å²) in [6.45, 7) is 11.2. The van der Waals surface area contributed by atoms with Gasteiger partial charge in [0.25, 0.3) is 0 Å². The molecule has 2 heteroatoms. The summed E-state index contributed by atoms with van der Waals surface area (Å²) >= 11 is 0. The van der Waals surface area contributed by atoms with Crippen molar-refractivity contribution in [3.63, 3.8) is 0 Å². The minimum absolute atomic E-state index is 0.437. The van der Waals surface area contributed by atoms with Crippen LogP contribution in [0.2, 0.25) is 0 Å². The topological polar surface area (TPSA) is 3.24 Å². The summed E-state index contributed by atoms with van der Waals surface area (Å²) in [4.78, 5) is 2.32. The van der Waals surface area contributed by atoms with E-state index in [2.05, 4.69) is 108 Å². The lowest BCUT2D eigenvalue weighted by atomic mass is 10.1. The Morgan fingerprint density at radius 1 is 0.778 bits per heavy atom. The van der Waals surface area contributed by atoms with Gasteiger partial charge in [0.2, 0.25) is 0 Å². The van der Waals surface area contributed by atoms with Gasteiger partial charge in [-0.1, -0.05) is 76.9 Å². The molecule has 0 heterocycles. The molecule has 0 saturated heterocycles. The summed E-state index contributed by atoms with van der Waals surface area (Å²) in [6.07, 6.45) is 7.03. The quantitative estimate of drug-likeness (QED) is 0.650. The first-order valence-corrected chi connectivity index (χ1v) is 11.2. The molecule has 142 valence electrons. The van der Waals surface area contributed by atoms with E-state index >= 15 is 0 Å². The minimum Gasteiger partial charge on any atom is -0.303 e. The number of benzene rings is 2. The average Bonchev–Trinajstić information content (AvgIpc) is 3.01. The Morgan fingerprint density at radius 2 is 1.22 bits per heavy atom. The van der Waals surface area contributed by atoms with Crippen LogP contribution in [-0.2, 0) is 0 Å². The summed E-state index contributed by atoms with van der Waals surface area (Å²) in [5, 5.41) is 2.97. The van der Waals surface area contributed by atoms with E-state index in [0.29, 0.717) is 11.7 Å². The Hall–Kier alpha value is -1.69. The van der Waals surface area contributed by atoms with Crippen molar-refractivity contribution in [3.8, 4) is 0 Å². The van der Waals surface area contributed by atoms with Crippen LogP contribution >= 0.6 is 7.92 Å². The number of hydrogen-bond acceptors (Lipinski definition) is 1. The Kier molecular flexibility index (Phi) is 6.04. The maximum atomic E-state index is 2.43. The van der Waals surface area contributed by atoms with Gasteiger partial charge in [0.05, 0.1) is 0 Å². The van der Waals surface area contributed by atoms with Crippen molar-refractivity contribution < 1.29 is 0 Å². The van der Waals surface area contributed by atoms with Gasteiger partial charge in [0, 0.05) is 11.7 Å². The van der Waals surface area contributed by atoms with E-state index in [9.17, 15) is 0 Å². The largest absolute Gasteiger partial charge is 0.303 e. The fourth-order valence-corrected chi connectivity index (χ4v) is 7.23. The fourth-order valence-electron chi connectivity index (χ4n) is 4.05. The van der Waals surface area contributed by atoms with E-state index in [1.807, 2.05) is 0 Å². The van der Waals surface area contributed by atoms with Crippen LogP contribution in [-0.4, -0.2) is 30.7 Å². The first-order chi connectivity index (χ1) is 12.8. The highest BCUT2D eigenvalue weighted by Gasteiger charge is 2.31. The Morgan fingerprint density at radius 3 is 1.63 bits per heavy atom. The number of hydrogen-bond donors (Lipinski definition) is 0. The van der Waals surface area contributed by atoms with E-state index in [4.69, 9.17) is 0 Å². The summed E-state index contributed by atoms with van der Waals surface area (Å²) < 4.78 is 0. The van der Waals surface area contributed by atoms with Crippen LogP contribution in [0.3, 0.4) is 0 Å². The monoisotopic (exact) mass is 377 g/mol. The molecule has 2 aromatic rings. The smallest absolute Gasteiger partial charge is 0.0285 e. The molecule has 0 aliphatic heterocycles. The summed E-state index contributed by atoms with van der Waals surface area (Å²) in [5.74, 6) is 0. The molecule has 3 rings (SSSR count). The zero-order chi connectivity index (χ0) is 19.7. The lowest BCUT2D eigenvalue weighted by Crippen LogP contribution is -2.32. The summed E-state index contributed by atoms with van der Waals surface area (Å²) in [7, 11) is 3.86. The number of rotatable bonds is 5. The van der Waals surface area contributed by atoms with Crippen molar-refractivity contribution in [2.75, 3.05) is 14.1 Å². The zero-order valence-corrected chi connectivity index (χ0v) is 18.6. The van der Waals surface area contributed by atoms with Crippen molar-refractivity contribution in [2.24, 2.45) is 0 Å². The second kappa shape index (κ2) is 8.13. The number of allylic oxidation sites excluding steroid dienone is 3.